The second-order valence-electron chi connectivity index (χ2n) is 5.59. The van der Waals surface area contributed by atoms with Crippen molar-refractivity contribution < 1.29 is 14.3 Å². The van der Waals surface area contributed by atoms with Gasteiger partial charge in [0.15, 0.2) is 5.78 Å². The highest BCUT2D eigenvalue weighted by Gasteiger charge is 2.16. The molecule has 0 N–H and O–H groups in total. The number of hydrogen-bond acceptors (Lipinski definition) is 6. The quantitative estimate of drug-likeness (QED) is 0.397. The zero-order chi connectivity index (χ0) is 18.1. The molecule has 0 bridgehead atoms. The first-order valence-electron chi connectivity index (χ1n) is 7.82. The fraction of sp³-hybridized carbons (Fsp3) is 0.0526. The third kappa shape index (κ3) is 2.78. The molecule has 0 atom stereocenters. The number of carbonyl (C=O) groups is 2. The average molecular weight is 363 g/mol. The zero-order valence-corrected chi connectivity index (χ0v) is 14.6. The molecule has 0 fully saturated rings. The van der Waals surface area contributed by atoms with E-state index in [1.165, 1.54) is 11.3 Å². The molecule has 0 spiro atoms. The minimum Gasteiger partial charge on any atom is -0.409 e. The maximum Gasteiger partial charge on any atom is 0.299 e. The molecule has 0 aliphatic carbocycles. The van der Waals surface area contributed by atoms with Crippen molar-refractivity contribution in [3.8, 4) is 22.3 Å². The summed E-state index contributed by atoms with van der Waals surface area (Å²) in [5.74, 6) is 0.268. The van der Waals surface area contributed by atoms with Crippen LogP contribution in [0.4, 0.5) is 0 Å². The average Bonchev–Trinajstić information content (AvgIpc) is 3.27. The molecule has 6 nitrogen and oxygen atoms in total. The lowest BCUT2D eigenvalue weighted by Crippen LogP contribution is -1.97. The first kappa shape index (κ1) is 16.2. The molecule has 2 heterocycles. The van der Waals surface area contributed by atoms with Gasteiger partial charge in [-0.15, -0.1) is 0 Å². The van der Waals surface area contributed by atoms with Crippen LogP contribution < -0.4 is 4.74 Å². The molecule has 7 heteroatoms. The Balaban J connectivity index is 1.85. The van der Waals surface area contributed by atoms with Crippen molar-refractivity contribution in [2.45, 2.75) is 6.92 Å². The van der Waals surface area contributed by atoms with E-state index in [1.807, 2.05) is 36.4 Å². The molecule has 2 aromatic heterocycles. The van der Waals surface area contributed by atoms with E-state index in [-0.39, 0.29) is 11.7 Å². The highest BCUT2D eigenvalue weighted by Crippen LogP contribution is 2.31. The van der Waals surface area contributed by atoms with Crippen LogP contribution >= 0.6 is 11.3 Å². The number of Topliss-reactive ketones (excluding diaryl/α,β-unsaturated/α-hetero) is 1. The normalized spacial score (nSPS) is 10.8. The number of ketones is 1. The monoisotopic (exact) mass is 363 g/mol. The molecule has 0 aliphatic rings. The van der Waals surface area contributed by atoms with Crippen LogP contribution in [0.5, 0.6) is 5.88 Å². The molecule has 0 saturated carbocycles. The van der Waals surface area contributed by atoms with Crippen LogP contribution in [0, 0.1) is 0 Å². The smallest absolute Gasteiger partial charge is 0.299 e. The van der Waals surface area contributed by atoms with E-state index in [0.29, 0.717) is 17.2 Å². The third-order valence-electron chi connectivity index (χ3n) is 3.97. The molecule has 0 unspecified atom stereocenters. The van der Waals surface area contributed by atoms with Crippen LogP contribution in [0.25, 0.3) is 27.3 Å². The van der Waals surface area contributed by atoms with Crippen molar-refractivity contribution in [1.82, 2.24) is 14.8 Å². The van der Waals surface area contributed by atoms with Crippen molar-refractivity contribution in [3.63, 3.8) is 0 Å². The van der Waals surface area contributed by atoms with Gasteiger partial charge >= 0.3 is 0 Å². The van der Waals surface area contributed by atoms with Gasteiger partial charge in [0.1, 0.15) is 5.69 Å². The van der Waals surface area contributed by atoms with Gasteiger partial charge in [-0.2, -0.15) is 10.1 Å². The van der Waals surface area contributed by atoms with Crippen molar-refractivity contribution >= 4 is 34.5 Å². The second kappa shape index (κ2) is 6.53. The number of nitrogens with zero attached hydrogens (tertiary/aromatic N) is 3. The molecular formula is C19H13N3O3S. The maximum absolute atomic E-state index is 11.5. The van der Waals surface area contributed by atoms with Gasteiger partial charge in [-0.25, -0.2) is 4.68 Å². The number of fused-ring (bicyclic) bond motifs is 1. The number of thiazole rings is 1. The molecule has 2 aromatic carbocycles. The molecule has 4 rings (SSSR count). The second-order valence-corrected chi connectivity index (χ2v) is 6.43. The summed E-state index contributed by atoms with van der Waals surface area (Å²) >= 11 is 1.33. The Morgan fingerprint density at radius 1 is 1.15 bits per heavy atom. The van der Waals surface area contributed by atoms with E-state index < -0.39 is 0 Å². The molecule has 26 heavy (non-hydrogen) atoms. The van der Waals surface area contributed by atoms with Crippen LogP contribution in [-0.4, -0.2) is 27.0 Å². The van der Waals surface area contributed by atoms with Crippen LogP contribution in [0.1, 0.15) is 17.3 Å². The maximum atomic E-state index is 11.5. The summed E-state index contributed by atoms with van der Waals surface area (Å²) in [5, 5.41) is 7.94. The summed E-state index contributed by atoms with van der Waals surface area (Å²) in [6.45, 7) is 1.89. The van der Waals surface area contributed by atoms with Crippen molar-refractivity contribution in [2.75, 3.05) is 0 Å². The van der Waals surface area contributed by atoms with Gasteiger partial charge in [0, 0.05) is 16.5 Å². The van der Waals surface area contributed by atoms with Gasteiger partial charge < -0.3 is 4.74 Å². The number of rotatable bonds is 5. The molecule has 4 aromatic rings. The predicted molar refractivity (Wildman–Crippen MR) is 98.9 cm³/mol. The van der Waals surface area contributed by atoms with E-state index in [9.17, 15) is 9.59 Å². The van der Waals surface area contributed by atoms with Crippen LogP contribution in [-0.2, 0) is 4.79 Å². The summed E-state index contributed by atoms with van der Waals surface area (Å²) in [7, 11) is 0. The topological polar surface area (TPSA) is 74.1 Å². The Hall–Kier alpha value is -3.32. The van der Waals surface area contributed by atoms with E-state index >= 15 is 0 Å². The lowest BCUT2D eigenvalue weighted by Gasteiger charge is -2.00. The van der Waals surface area contributed by atoms with Gasteiger partial charge in [-0.3, -0.25) is 9.59 Å². The van der Waals surface area contributed by atoms with E-state index in [2.05, 4.69) is 4.98 Å². The first-order valence-corrected chi connectivity index (χ1v) is 8.70. The minimum absolute atomic E-state index is 0.0254. The molecule has 0 radical (unpaired) electrons. The molecular weight excluding hydrogens is 350 g/mol. The summed E-state index contributed by atoms with van der Waals surface area (Å²) in [6, 6.07) is 15.2. The number of hydrogen-bond donors (Lipinski definition) is 0. The minimum atomic E-state index is 0.0254. The summed E-state index contributed by atoms with van der Waals surface area (Å²) in [6.07, 6.45) is 0. The lowest BCUT2D eigenvalue weighted by molar-refractivity contribution is -0.120. The highest BCUT2D eigenvalue weighted by molar-refractivity contribution is 7.12. The Labute approximate surface area is 152 Å². The predicted octanol–water partition coefficient (Wildman–Crippen LogP) is 3.89. The van der Waals surface area contributed by atoms with Gasteiger partial charge in [0.05, 0.1) is 10.9 Å². The van der Waals surface area contributed by atoms with Crippen LogP contribution in [0.2, 0.25) is 0 Å². The van der Waals surface area contributed by atoms with Crippen molar-refractivity contribution in [3.05, 3.63) is 59.5 Å². The third-order valence-corrected chi connectivity index (χ3v) is 4.77. The Bertz CT molecular complexity index is 1110. The highest BCUT2D eigenvalue weighted by atomic mass is 32.1. The molecule has 0 amide bonds. The lowest BCUT2D eigenvalue weighted by atomic mass is 10.0. The van der Waals surface area contributed by atoms with Crippen LogP contribution in [0.15, 0.2) is 53.9 Å². The first-order chi connectivity index (χ1) is 12.7. The van der Waals surface area contributed by atoms with Gasteiger partial charge in [0.25, 0.3) is 6.47 Å². The Morgan fingerprint density at radius 3 is 2.65 bits per heavy atom. The number of ether oxygens (including phenoxy) is 1. The number of benzene rings is 2. The Morgan fingerprint density at radius 2 is 1.92 bits per heavy atom. The number of para-hydroxylation sites is 1. The SMILES string of the molecule is CC(=O)c1ccc(-c2nn(-c3nc(OC=O)cs3)c3ccccc23)cc1. The standard InChI is InChI=1S/C19H13N3O3S/c1-12(24)13-6-8-14(9-7-13)18-15-4-2-3-5-16(15)22(21-18)19-20-17(10-26-19)25-11-23/h2-11H,1H3. The van der Waals surface area contributed by atoms with E-state index in [1.54, 1.807) is 29.1 Å². The van der Waals surface area contributed by atoms with Gasteiger partial charge in [-0.05, 0) is 13.0 Å². The van der Waals surface area contributed by atoms with Crippen molar-refractivity contribution in [1.29, 1.82) is 0 Å². The van der Waals surface area contributed by atoms with E-state index in [4.69, 9.17) is 9.84 Å². The molecule has 0 saturated heterocycles. The fourth-order valence-electron chi connectivity index (χ4n) is 2.74. The summed E-state index contributed by atoms with van der Waals surface area (Å²) in [5.41, 5.74) is 3.26. The van der Waals surface area contributed by atoms with Crippen molar-refractivity contribution in [2.24, 2.45) is 0 Å². The van der Waals surface area contributed by atoms with Gasteiger partial charge in [-0.1, -0.05) is 53.8 Å². The van der Waals surface area contributed by atoms with Crippen LogP contribution in [0.3, 0.4) is 0 Å². The summed E-state index contributed by atoms with van der Waals surface area (Å²) in [4.78, 5) is 26.3. The zero-order valence-electron chi connectivity index (χ0n) is 13.7. The fourth-order valence-corrected chi connectivity index (χ4v) is 3.44. The molecule has 0 aliphatic heterocycles. The van der Waals surface area contributed by atoms with Gasteiger partial charge in [0.2, 0.25) is 11.0 Å². The molecule has 128 valence electrons. The Kier molecular flexibility index (Phi) is 4.06. The largest absolute Gasteiger partial charge is 0.409 e. The van der Waals surface area contributed by atoms with E-state index in [0.717, 1.165) is 22.2 Å². The summed E-state index contributed by atoms with van der Waals surface area (Å²) < 4.78 is 6.52. The number of carbonyl (C=O) groups excluding carboxylic acids is 2. The number of aromatic nitrogens is 3.